The van der Waals surface area contributed by atoms with Crippen LogP contribution in [0.5, 0.6) is 0 Å². The van der Waals surface area contributed by atoms with Gasteiger partial charge in [0.05, 0.1) is 11.1 Å². The van der Waals surface area contributed by atoms with E-state index in [0.29, 0.717) is 55.4 Å². The summed E-state index contributed by atoms with van der Waals surface area (Å²) >= 11 is 8.70. The van der Waals surface area contributed by atoms with Gasteiger partial charge in [0.2, 0.25) is 17.7 Å². The van der Waals surface area contributed by atoms with E-state index in [1.54, 1.807) is 13.2 Å². The number of para-hydroxylation sites is 1. The number of halogens is 1. The van der Waals surface area contributed by atoms with Gasteiger partial charge in [0.15, 0.2) is 0 Å². The molecule has 0 radical (unpaired) electrons. The monoisotopic (exact) mass is 794 g/mol. The second kappa shape index (κ2) is 19.9. The lowest BCUT2D eigenvalue weighted by molar-refractivity contribution is -0.142. The number of amides is 3. The maximum absolute atomic E-state index is 14.6. The topological polar surface area (TPSA) is 171 Å². The van der Waals surface area contributed by atoms with Gasteiger partial charge in [-0.3, -0.25) is 14.4 Å². The number of nitrogens with zero attached hydrogens (tertiary/aromatic N) is 2. The number of H-pyrrole nitrogens is 1. The lowest BCUT2D eigenvalue weighted by Crippen LogP contribution is -2.57. The van der Waals surface area contributed by atoms with Crippen molar-refractivity contribution in [2.75, 3.05) is 20.1 Å². The number of rotatable bonds is 11. The fraction of sp³-hybridized carbons (Fsp3) is 0.349. The van der Waals surface area contributed by atoms with E-state index in [-0.39, 0.29) is 30.7 Å². The van der Waals surface area contributed by atoms with Crippen molar-refractivity contribution in [1.82, 2.24) is 30.8 Å². The van der Waals surface area contributed by atoms with Crippen LogP contribution in [-0.2, 0) is 33.9 Å². The SMILES string of the molecule is CN1C(=O)[C@H](CCCCCN)NC(=O)[C@@H](CCCN)NCc2cccnc2Sc2c(ccc(-c3ccccc3)c2Cl)CNC(=O)[C@@H]1Cc1c[nH]c2ccccc12. The van der Waals surface area contributed by atoms with E-state index >= 15 is 0 Å². The highest BCUT2D eigenvalue weighted by molar-refractivity contribution is 7.99. The average molecular weight is 795 g/mol. The Morgan fingerprint density at radius 3 is 2.39 bits per heavy atom. The van der Waals surface area contributed by atoms with Crippen LogP contribution in [0, 0.1) is 0 Å². The molecule has 0 aliphatic carbocycles. The van der Waals surface area contributed by atoms with Crippen molar-refractivity contribution < 1.29 is 14.4 Å². The maximum Gasteiger partial charge on any atom is 0.245 e. The molecule has 11 nitrogen and oxygen atoms in total. The Labute approximate surface area is 337 Å². The number of aromatic amines is 1. The van der Waals surface area contributed by atoms with Gasteiger partial charge >= 0.3 is 0 Å². The number of likely N-dealkylation sites (N-methyl/N-ethyl adjacent to an activating group) is 1. The number of unbranched alkanes of at least 4 members (excludes halogenated alkanes) is 2. The number of carbonyl (C=O) groups excluding carboxylic acids is 3. The van der Waals surface area contributed by atoms with Gasteiger partial charge in [0, 0.05) is 60.3 Å². The highest BCUT2D eigenvalue weighted by atomic mass is 35.5. The van der Waals surface area contributed by atoms with E-state index in [0.717, 1.165) is 56.5 Å². The Hall–Kier alpha value is -4.72. The van der Waals surface area contributed by atoms with E-state index < -0.39 is 18.1 Å². The standard InChI is InChI=1S/C43H51ClN8O3S/c1-52-37(24-31-27-48-34-16-8-7-15-32(31)34)41(54)50-25-29-19-20-33(28-12-4-2-5-13-28)38(44)39(29)56-42-30(14-11-23-47-42)26-49-35(18-10-22-46)40(53)51-36(43(52)55)17-6-3-9-21-45/h2,4-5,7-8,11-16,19-20,23,27,35-37,48-49H,3,6,9-10,17-18,21-22,24-26,45-46H2,1H3,(H,50,54)(H,51,53)/t35-,36+,37+/m1/s1. The van der Waals surface area contributed by atoms with Crippen LogP contribution in [0.4, 0.5) is 0 Å². The second-order valence-corrected chi connectivity index (χ2v) is 15.5. The number of aromatic nitrogens is 2. The lowest BCUT2D eigenvalue weighted by atomic mass is 10.0. The summed E-state index contributed by atoms with van der Waals surface area (Å²) in [6.45, 7) is 1.44. The van der Waals surface area contributed by atoms with E-state index in [9.17, 15) is 14.4 Å². The number of fused-ring (bicyclic) bond motifs is 3. The molecule has 3 heterocycles. The lowest BCUT2D eigenvalue weighted by Gasteiger charge is -2.32. The summed E-state index contributed by atoms with van der Waals surface area (Å²) < 4.78 is 0. The molecule has 0 saturated heterocycles. The summed E-state index contributed by atoms with van der Waals surface area (Å²) in [7, 11) is 1.65. The van der Waals surface area contributed by atoms with Crippen LogP contribution < -0.4 is 27.4 Å². The molecule has 294 valence electrons. The van der Waals surface area contributed by atoms with E-state index in [2.05, 4.69) is 20.9 Å². The Kier molecular flexibility index (Phi) is 14.6. The third kappa shape index (κ3) is 9.98. The van der Waals surface area contributed by atoms with Crippen molar-refractivity contribution in [3.63, 3.8) is 0 Å². The molecule has 1 aliphatic heterocycles. The highest BCUT2D eigenvalue weighted by Crippen LogP contribution is 2.42. The number of pyridine rings is 1. The molecule has 6 rings (SSSR count). The molecule has 0 bridgehead atoms. The minimum atomic E-state index is -0.899. The van der Waals surface area contributed by atoms with Crippen molar-refractivity contribution in [3.05, 3.63) is 113 Å². The molecule has 0 fully saturated rings. The van der Waals surface area contributed by atoms with Gasteiger partial charge in [-0.05, 0) is 73.2 Å². The quantitative estimate of drug-likeness (QED) is 0.0894. The highest BCUT2D eigenvalue weighted by Gasteiger charge is 2.34. The largest absolute Gasteiger partial charge is 0.361 e. The smallest absolute Gasteiger partial charge is 0.245 e. The summed E-state index contributed by atoms with van der Waals surface area (Å²) in [5, 5.41) is 11.9. The molecular weight excluding hydrogens is 744 g/mol. The van der Waals surface area contributed by atoms with E-state index in [1.165, 1.54) is 16.7 Å². The predicted octanol–water partition coefficient (Wildman–Crippen LogP) is 5.94. The predicted molar refractivity (Wildman–Crippen MR) is 224 cm³/mol. The molecule has 8 N–H and O–H groups in total. The number of nitrogens with two attached hydrogens (primary N) is 2. The Balaban J connectivity index is 1.43. The minimum absolute atomic E-state index is 0.156. The van der Waals surface area contributed by atoms with Gasteiger partial charge in [-0.25, -0.2) is 4.98 Å². The van der Waals surface area contributed by atoms with Crippen molar-refractivity contribution in [2.24, 2.45) is 11.5 Å². The fourth-order valence-corrected chi connectivity index (χ4v) is 8.59. The molecule has 3 atom stereocenters. The zero-order valence-corrected chi connectivity index (χ0v) is 33.3. The first-order chi connectivity index (χ1) is 27.3. The molecule has 3 amide bonds. The number of benzene rings is 3. The van der Waals surface area contributed by atoms with Crippen molar-refractivity contribution >= 4 is 52.0 Å². The molecule has 2 aromatic heterocycles. The third-order valence-electron chi connectivity index (χ3n) is 10.3. The van der Waals surface area contributed by atoms with Gasteiger partial charge < -0.3 is 37.3 Å². The Bertz CT molecular complexity index is 2110. The fourth-order valence-electron chi connectivity index (χ4n) is 7.13. The second-order valence-electron chi connectivity index (χ2n) is 14.2. The molecule has 13 heteroatoms. The van der Waals surface area contributed by atoms with Crippen LogP contribution in [0.25, 0.3) is 22.0 Å². The first kappa shape index (κ1) is 40.9. The molecule has 5 aromatic rings. The number of hydrogen-bond acceptors (Lipinski definition) is 8. The van der Waals surface area contributed by atoms with Crippen LogP contribution in [0.2, 0.25) is 5.02 Å². The zero-order chi connectivity index (χ0) is 39.4. The normalized spacial score (nSPS) is 18.5. The van der Waals surface area contributed by atoms with Crippen LogP contribution in [0.1, 0.15) is 55.2 Å². The van der Waals surface area contributed by atoms with Crippen LogP contribution in [-0.4, -0.2) is 70.9 Å². The molecule has 3 aromatic carbocycles. The van der Waals surface area contributed by atoms with Gasteiger partial charge in [0.1, 0.15) is 17.1 Å². The molecule has 1 aliphatic rings. The number of hydrogen-bond donors (Lipinski definition) is 6. The average Bonchev–Trinajstić information content (AvgIpc) is 3.63. The van der Waals surface area contributed by atoms with Crippen LogP contribution in [0.3, 0.4) is 0 Å². The van der Waals surface area contributed by atoms with E-state index in [1.807, 2.05) is 85.1 Å². The summed E-state index contributed by atoms with van der Waals surface area (Å²) in [6, 6.07) is 23.2. The van der Waals surface area contributed by atoms with Gasteiger partial charge in [-0.2, -0.15) is 0 Å². The van der Waals surface area contributed by atoms with Crippen LogP contribution >= 0.6 is 23.4 Å². The van der Waals surface area contributed by atoms with Gasteiger partial charge in [-0.1, -0.05) is 103 Å². The summed E-state index contributed by atoms with van der Waals surface area (Å²) in [5.74, 6) is -0.970. The number of nitrogens with one attached hydrogen (secondary N) is 4. The first-order valence-electron chi connectivity index (χ1n) is 19.3. The molecule has 0 spiro atoms. The van der Waals surface area contributed by atoms with Crippen molar-refractivity contribution in [2.45, 2.75) is 86.1 Å². The maximum atomic E-state index is 14.6. The summed E-state index contributed by atoms with van der Waals surface area (Å²) in [6.07, 6.45) is 7.64. The zero-order valence-electron chi connectivity index (χ0n) is 31.7. The number of carbonyl (C=O) groups is 3. The van der Waals surface area contributed by atoms with Crippen LogP contribution in [0.15, 0.2) is 101 Å². The molecule has 56 heavy (non-hydrogen) atoms. The van der Waals surface area contributed by atoms with Gasteiger partial charge in [0.25, 0.3) is 0 Å². The molecular formula is C43H51ClN8O3S. The first-order valence-corrected chi connectivity index (χ1v) is 20.5. The Morgan fingerprint density at radius 2 is 1.59 bits per heavy atom. The van der Waals surface area contributed by atoms with Crippen molar-refractivity contribution in [1.29, 1.82) is 0 Å². The van der Waals surface area contributed by atoms with Crippen molar-refractivity contribution in [3.8, 4) is 11.1 Å². The third-order valence-corrected chi connectivity index (χ3v) is 12.1. The molecule has 0 unspecified atom stereocenters. The molecule has 0 saturated carbocycles. The summed E-state index contributed by atoms with van der Waals surface area (Å²) in [4.78, 5) is 53.5. The van der Waals surface area contributed by atoms with Gasteiger partial charge in [-0.15, -0.1) is 0 Å². The minimum Gasteiger partial charge on any atom is -0.361 e. The summed E-state index contributed by atoms with van der Waals surface area (Å²) in [5.41, 5.74) is 17.0. The van der Waals surface area contributed by atoms with E-state index in [4.69, 9.17) is 28.1 Å². The Morgan fingerprint density at radius 1 is 0.821 bits per heavy atom.